The molecule has 1 aromatic rings. The Morgan fingerprint density at radius 1 is 1.08 bits per heavy atom. The molecule has 1 aromatic carbocycles. The van der Waals surface area contributed by atoms with Crippen LogP contribution >= 0.6 is 0 Å². The zero-order valence-corrected chi connectivity index (χ0v) is 22.4. The van der Waals surface area contributed by atoms with E-state index < -0.39 is 18.1 Å². The van der Waals surface area contributed by atoms with Crippen LogP contribution in [-0.2, 0) is 14.4 Å². The van der Waals surface area contributed by atoms with E-state index in [-0.39, 0.29) is 47.9 Å². The van der Waals surface area contributed by atoms with Gasteiger partial charge in [-0.15, -0.1) is 0 Å². The largest absolute Gasteiger partial charge is 0.378 e. The highest BCUT2D eigenvalue weighted by molar-refractivity contribution is 6.01. The molecule has 36 heavy (non-hydrogen) atoms. The van der Waals surface area contributed by atoms with Crippen molar-refractivity contribution in [3.63, 3.8) is 0 Å². The van der Waals surface area contributed by atoms with Gasteiger partial charge in [-0.2, -0.15) is 0 Å². The lowest BCUT2D eigenvalue weighted by Crippen LogP contribution is -2.53. The molecule has 2 unspecified atom stereocenters. The van der Waals surface area contributed by atoms with E-state index in [9.17, 15) is 19.2 Å². The van der Waals surface area contributed by atoms with Gasteiger partial charge in [-0.05, 0) is 48.9 Å². The van der Waals surface area contributed by atoms with Crippen LogP contribution in [0.25, 0.3) is 0 Å². The van der Waals surface area contributed by atoms with Gasteiger partial charge < -0.3 is 25.8 Å². The molecule has 0 saturated carbocycles. The number of nitrogens with two attached hydrogens (primary N) is 1. The molecule has 0 spiro atoms. The van der Waals surface area contributed by atoms with Crippen LogP contribution in [0, 0.1) is 11.8 Å². The SMILES string of the molecule is CC[C@H](C)[C@H](N)C(=O)N1CC(=O)C2C1CCN2C(=O)[C@H](CC(C)C)NC(=O)c1ccc(N(C)C)cc1. The molecule has 5 atom stereocenters. The molecule has 2 aliphatic heterocycles. The zero-order chi connectivity index (χ0) is 26.7. The van der Waals surface area contributed by atoms with Crippen LogP contribution in [-0.4, -0.2) is 84.7 Å². The number of nitrogens with one attached hydrogen (secondary N) is 1. The lowest BCUT2D eigenvalue weighted by atomic mass is 9.98. The van der Waals surface area contributed by atoms with Crippen LogP contribution in [0.4, 0.5) is 5.69 Å². The minimum atomic E-state index is -0.760. The summed E-state index contributed by atoms with van der Waals surface area (Å²) in [4.78, 5) is 57.8. The second-order valence-electron chi connectivity index (χ2n) is 10.8. The van der Waals surface area contributed by atoms with E-state index in [2.05, 4.69) is 5.32 Å². The Labute approximate surface area is 214 Å². The van der Waals surface area contributed by atoms with Gasteiger partial charge in [0.1, 0.15) is 12.1 Å². The Bertz CT molecular complexity index is 977. The molecular formula is C27H41N5O4. The number of likely N-dealkylation sites (tertiary alicyclic amines) is 2. The number of carbonyl (C=O) groups is 4. The quantitative estimate of drug-likeness (QED) is 0.534. The number of ketones is 1. The molecule has 2 heterocycles. The molecule has 0 aliphatic carbocycles. The van der Waals surface area contributed by atoms with Crippen molar-refractivity contribution < 1.29 is 19.2 Å². The molecule has 3 N–H and O–H groups in total. The minimum Gasteiger partial charge on any atom is -0.378 e. The monoisotopic (exact) mass is 499 g/mol. The molecule has 0 bridgehead atoms. The topological polar surface area (TPSA) is 116 Å². The Balaban J connectivity index is 1.75. The van der Waals surface area contributed by atoms with Gasteiger partial charge in [0.2, 0.25) is 11.8 Å². The van der Waals surface area contributed by atoms with Crippen molar-refractivity contribution in [2.24, 2.45) is 17.6 Å². The lowest BCUT2D eigenvalue weighted by molar-refractivity contribution is -0.138. The van der Waals surface area contributed by atoms with Gasteiger partial charge in [0.05, 0.1) is 18.6 Å². The first-order valence-electron chi connectivity index (χ1n) is 12.9. The van der Waals surface area contributed by atoms with Gasteiger partial charge in [0, 0.05) is 31.9 Å². The normalized spacial score (nSPS) is 21.8. The van der Waals surface area contributed by atoms with Crippen LogP contribution in [0.1, 0.15) is 57.3 Å². The van der Waals surface area contributed by atoms with E-state index in [1.165, 1.54) is 0 Å². The van der Waals surface area contributed by atoms with Crippen molar-refractivity contribution in [2.45, 2.75) is 71.1 Å². The number of carbonyl (C=O) groups excluding carboxylic acids is 4. The first kappa shape index (κ1) is 27.6. The molecule has 0 radical (unpaired) electrons. The van der Waals surface area contributed by atoms with Crippen LogP contribution in [0.5, 0.6) is 0 Å². The number of hydrogen-bond donors (Lipinski definition) is 2. The highest BCUT2D eigenvalue weighted by Gasteiger charge is 2.52. The van der Waals surface area contributed by atoms with Crippen LogP contribution in [0.3, 0.4) is 0 Å². The Kier molecular flexibility index (Phi) is 8.76. The molecule has 9 nitrogen and oxygen atoms in total. The Morgan fingerprint density at radius 2 is 1.72 bits per heavy atom. The van der Waals surface area contributed by atoms with Crippen molar-refractivity contribution in [1.29, 1.82) is 0 Å². The predicted molar refractivity (Wildman–Crippen MR) is 140 cm³/mol. The third kappa shape index (κ3) is 5.72. The first-order valence-corrected chi connectivity index (χ1v) is 12.9. The van der Waals surface area contributed by atoms with E-state index in [0.29, 0.717) is 24.9 Å². The van der Waals surface area contributed by atoms with Crippen molar-refractivity contribution in [2.75, 3.05) is 32.1 Å². The number of rotatable bonds is 9. The van der Waals surface area contributed by atoms with Gasteiger partial charge in [0.25, 0.3) is 5.91 Å². The fourth-order valence-corrected chi connectivity index (χ4v) is 5.09. The maximum atomic E-state index is 13.7. The van der Waals surface area contributed by atoms with Crippen LogP contribution in [0.15, 0.2) is 24.3 Å². The second-order valence-corrected chi connectivity index (χ2v) is 10.8. The van der Waals surface area contributed by atoms with E-state index in [0.717, 1.165) is 12.1 Å². The highest BCUT2D eigenvalue weighted by Crippen LogP contribution is 2.31. The Hall–Kier alpha value is -2.94. The number of fused-ring (bicyclic) bond motifs is 1. The van der Waals surface area contributed by atoms with Crippen LogP contribution < -0.4 is 16.0 Å². The smallest absolute Gasteiger partial charge is 0.251 e. The van der Waals surface area contributed by atoms with Gasteiger partial charge in [0.15, 0.2) is 5.78 Å². The second kappa shape index (κ2) is 11.4. The summed E-state index contributed by atoms with van der Waals surface area (Å²) in [7, 11) is 3.85. The zero-order valence-electron chi connectivity index (χ0n) is 22.4. The molecule has 3 rings (SSSR count). The van der Waals surface area contributed by atoms with E-state index in [4.69, 9.17) is 5.73 Å². The summed E-state index contributed by atoms with van der Waals surface area (Å²) < 4.78 is 0. The fourth-order valence-electron chi connectivity index (χ4n) is 5.09. The third-order valence-corrected chi connectivity index (χ3v) is 7.49. The number of anilines is 1. The maximum Gasteiger partial charge on any atom is 0.251 e. The van der Waals surface area contributed by atoms with Crippen molar-refractivity contribution in [3.05, 3.63) is 29.8 Å². The van der Waals surface area contributed by atoms with Crippen molar-refractivity contribution in [3.8, 4) is 0 Å². The summed E-state index contributed by atoms with van der Waals surface area (Å²) in [5, 5.41) is 2.90. The van der Waals surface area contributed by atoms with Gasteiger partial charge >= 0.3 is 0 Å². The van der Waals surface area contributed by atoms with E-state index in [1.54, 1.807) is 21.9 Å². The van der Waals surface area contributed by atoms with Crippen LogP contribution in [0.2, 0.25) is 0 Å². The fraction of sp³-hybridized carbons (Fsp3) is 0.630. The predicted octanol–water partition coefficient (Wildman–Crippen LogP) is 1.65. The van der Waals surface area contributed by atoms with Gasteiger partial charge in [-0.25, -0.2) is 0 Å². The maximum absolute atomic E-state index is 13.7. The molecule has 198 valence electrons. The molecule has 9 heteroatoms. The summed E-state index contributed by atoms with van der Waals surface area (Å²) >= 11 is 0. The summed E-state index contributed by atoms with van der Waals surface area (Å²) in [6, 6.07) is 4.70. The molecule has 2 saturated heterocycles. The lowest BCUT2D eigenvalue weighted by Gasteiger charge is -2.30. The van der Waals surface area contributed by atoms with Crippen molar-refractivity contribution >= 4 is 29.2 Å². The van der Waals surface area contributed by atoms with Crippen molar-refractivity contribution in [1.82, 2.24) is 15.1 Å². The number of amides is 3. The number of Topliss-reactive ketones (excluding diaryl/α,β-unsaturated/α-hetero) is 1. The van der Waals surface area contributed by atoms with E-state index in [1.807, 2.05) is 58.8 Å². The summed E-state index contributed by atoms with van der Waals surface area (Å²) in [6.45, 7) is 8.22. The summed E-state index contributed by atoms with van der Waals surface area (Å²) in [6.07, 6.45) is 1.74. The first-order chi connectivity index (χ1) is 17.0. The molecular weight excluding hydrogens is 458 g/mol. The Morgan fingerprint density at radius 3 is 2.28 bits per heavy atom. The highest BCUT2D eigenvalue weighted by atomic mass is 16.2. The average Bonchev–Trinajstić information content (AvgIpc) is 3.42. The molecule has 2 aliphatic rings. The van der Waals surface area contributed by atoms with Gasteiger partial charge in [-0.1, -0.05) is 34.1 Å². The molecule has 3 amide bonds. The van der Waals surface area contributed by atoms with Gasteiger partial charge in [-0.3, -0.25) is 19.2 Å². The molecule has 0 aromatic heterocycles. The number of benzene rings is 1. The number of hydrogen-bond acceptors (Lipinski definition) is 6. The summed E-state index contributed by atoms with van der Waals surface area (Å²) in [5.74, 6) is -0.826. The van der Waals surface area contributed by atoms with E-state index >= 15 is 0 Å². The average molecular weight is 500 g/mol. The molecule has 2 fully saturated rings. The minimum absolute atomic E-state index is 0.00298. The third-order valence-electron chi connectivity index (χ3n) is 7.49. The number of nitrogens with zero attached hydrogens (tertiary/aromatic N) is 3. The summed E-state index contributed by atoms with van der Waals surface area (Å²) in [5.41, 5.74) is 7.62. The standard InChI is InChI=1S/C27H41N5O4/c1-7-17(4)23(28)27(36)32-15-22(33)24-21(32)12-13-31(24)26(35)20(14-16(2)3)29-25(34)18-8-10-19(11-9-18)30(5)6/h8-11,16-17,20-21,23-24H,7,12-15,28H2,1-6H3,(H,29,34)/t17-,20-,21?,23-,24?/m0/s1.